The molecule has 0 aliphatic carbocycles. The topological polar surface area (TPSA) is 75.7 Å². The molecule has 160 valence electrons. The summed E-state index contributed by atoms with van der Waals surface area (Å²) in [5.74, 6) is 0.742. The van der Waals surface area contributed by atoms with Crippen LogP contribution in [0.1, 0.15) is 55.7 Å². The van der Waals surface area contributed by atoms with Crippen molar-refractivity contribution >= 4 is 21.6 Å². The zero-order valence-corrected chi connectivity index (χ0v) is 18.1. The lowest BCUT2D eigenvalue weighted by Gasteiger charge is -2.30. The van der Waals surface area contributed by atoms with Gasteiger partial charge in [-0.3, -0.25) is 4.79 Å². The molecule has 2 aliphatic heterocycles. The van der Waals surface area contributed by atoms with Crippen molar-refractivity contribution in [3.8, 4) is 5.75 Å². The first-order valence-electron chi connectivity index (χ1n) is 10.6. The Morgan fingerprint density at radius 3 is 2.57 bits per heavy atom. The van der Waals surface area contributed by atoms with Crippen molar-refractivity contribution in [3.63, 3.8) is 0 Å². The number of hydrogen-bond acceptors (Lipinski definition) is 4. The van der Waals surface area contributed by atoms with Crippen LogP contribution in [0.3, 0.4) is 0 Å². The van der Waals surface area contributed by atoms with E-state index in [1.54, 1.807) is 29.6 Å². The van der Waals surface area contributed by atoms with Gasteiger partial charge in [0.25, 0.3) is 0 Å². The molecular formula is C23H28N2O4S. The number of fused-ring (bicyclic) bond motifs is 1. The van der Waals surface area contributed by atoms with E-state index in [1.807, 2.05) is 24.3 Å². The first-order valence-corrected chi connectivity index (χ1v) is 12.0. The highest BCUT2D eigenvalue weighted by molar-refractivity contribution is 7.89. The van der Waals surface area contributed by atoms with Crippen LogP contribution < -0.4 is 10.1 Å². The minimum Gasteiger partial charge on any atom is -0.497 e. The lowest BCUT2D eigenvalue weighted by molar-refractivity contribution is -0.116. The normalized spacial score (nSPS) is 20.6. The monoisotopic (exact) mass is 428 g/mol. The van der Waals surface area contributed by atoms with E-state index in [1.165, 1.54) is 0 Å². The molecule has 0 saturated carbocycles. The van der Waals surface area contributed by atoms with Gasteiger partial charge >= 0.3 is 0 Å². The lowest BCUT2D eigenvalue weighted by atomic mass is 10.0. The van der Waals surface area contributed by atoms with Gasteiger partial charge < -0.3 is 10.1 Å². The van der Waals surface area contributed by atoms with Crippen molar-refractivity contribution < 1.29 is 17.9 Å². The standard InChI is InChI=1S/C23H28N2O4S/c1-29-19-11-9-17(10-12-19)22-7-3-2-4-15-25(22)30(27,28)20-13-14-21-18(16-20)6-5-8-23(26)24-21/h9-14,16,22H,2-8,15H2,1H3,(H,24,26). The second-order valence-corrected chi connectivity index (χ2v) is 9.87. The van der Waals surface area contributed by atoms with Crippen LogP contribution in [0.5, 0.6) is 5.75 Å². The Morgan fingerprint density at radius 2 is 1.80 bits per heavy atom. The summed E-state index contributed by atoms with van der Waals surface area (Å²) < 4.78 is 34.3. The molecule has 4 rings (SSSR count). The third-order valence-corrected chi connectivity index (χ3v) is 7.92. The summed E-state index contributed by atoms with van der Waals surface area (Å²) in [5, 5.41) is 2.88. The average molecular weight is 429 g/mol. The van der Waals surface area contributed by atoms with E-state index in [0.717, 1.165) is 54.7 Å². The number of carbonyl (C=O) groups excluding carboxylic acids is 1. The third kappa shape index (κ3) is 4.23. The highest BCUT2D eigenvalue weighted by atomic mass is 32.2. The molecule has 1 saturated heterocycles. The molecule has 2 aromatic rings. The van der Waals surface area contributed by atoms with Gasteiger partial charge in [-0.2, -0.15) is 4.31 Å². The van der Waals surface area contributed by atoms with Gasteiger partial charge in [0, 0.05) is 18.7 Å². The molecule has 30 heavy (non-hydrogen) atoms. The van der Waals surface area contributed by atoms with Crippen molar-refractivity contribution in [3.05, 3.63) is 53.6 Å². The van der Waals surface area contributed by atoms with Gasteiger partial charge in [0.2, 0.25) is 15.9 Å². The largest absolute Gasteiger partial charge is 0.497 e. The molecule has 7 heteroatoms. The second-order valence-electron chi connectivity index (χ2n) is 7.97. The minimum atomic E-state index is -3.67. The number of ether oxygens (including phenoxy) is 1. The predicted octanol–water partition coefficient (Wildman–Crippen LogP) is 4.28. The fourth-order valence-corrected chi connectivity index (χ4v) is 6.11. The van der Waals surface area contributed by atoms with Crippen molar-refractivity contribution in [1.29, 1.82) is 0 Å². The van der Waals surface area contributed by atoms with Crippen molar-refractivity contribution in [2.45, 2.75) is 55.9 Å². The van der Waals surface area contributed by atoms with Crippen LogP contribution >= 0.6 is 0 Å². The Kier molecular flexibility index (Phi) is 6.11. The molecule has 1 amide bonds. The van der Waals surface area contributed by atoms with Gasteiger partial charge in [0.1, 0.15) is 5.75 Å². The summed E-state index contributed by atoms with van der Waals surface area (Å²) in [6.07, 6.45) is 5.55. The van der Waals surface area contributed by atoms with Gasteiger partial charge in [-0.05, 0) is 67.1 Å². The molecule has 2 heterocycles. The number of aryl methyl sites for hydroxylation is 1. The van der Waals surface area contributed by atoms with Crippen molar-refractivity contribution in [2.24, 2.45) is 0 Å². The number of benzene rings is 2. The maximum atomic E-state index is 13.7. The van der Waals surface area contributed by atoms with Gasteiger partial charge in [-0.1, -0.05) is 25.0 Å². The number of amides is 1. The number of methoxy groups -OCH3 is 1. The fourth-order valence-electron chi connectivity index (χ4n) is 4.38. The van der Waals surface area contributed by atoms with Crippen LogP contribution in [-0.2, 0) is 21.2 Å². The summed E-state index contributed by atoms with van der Waals surface area (Å²) in [4.78, 5) is 12.1. The Labute approximate surface area is 178 Å². The van der Waals surface area contributed by atoms with Crippen LogP contribution in [-0.4, -0.2) is 32.3 Å². The van der Waals surface area contributed by atoms with Gasteiger partial charge in [0.05, 0.1) is 18.0 Å². The number of nitrogens with one attached hydrogen (secondary N) is 1. The molecule has 1 atom stereocenters. The summed E-state index contributed by atoms with van der Waals surface area (Å²) in [5.41, 5.74) is 2.60. The van der Waals surface area contributed by atoms with E-state index in [9.17, 15) is 13.2 Å². The third-order valence-electron chi connectivity index (χ3n) is 6.01. The van der Waals surface area contributed by atoms with Crippen LogP contribution in [0, 0.1) is 0 Å². The molecule has 6 nitrogen and oxygen atoms in total. The SMILES string of the molecule is COc1ccc(C2CCCCCN2S(=O)(=O)c2ccc3c(c2)CCCC(=O)N3)cc1. The van der Waals surface area contributed by atoms with E-state index in [-0.39, 0.29) is 11.9 Å². The summed E-state index contributed by atoms with van der Waals surface area (Å²) in [7, 11) is -2.04. The average Bonchev–Trinajstić information content (AvgIpc) is 3.11. The first-order chi connectivity index (χ1) is 14.5. The Balaban J connectivity index is 1.69. The molecule has 2 aliphatic rings. The Bertz CT molecular complexity index is 1020. The Hall–Kier alpha value is -2.38. The minimum absolute atomic E-state index is 0.0172. The van der Waals surface area contributed by atoms with E-state index >= 15 is 0 Å². The molecule has 1 N–H and O–H groups in total. The maximum Gasteiger partial charge on any atom is 0.243 e. The first kappa shape index (κ1) is 20.9. The molecule has 0 radical (unpaired) electrons. The van der Waals surface area contributed by atoms with E-state index < -0.39 is 10.0 Å². The summed E-state index contributed by atoms with van der Waals surface area (Å²) in [6, 6.07) is 12.6. The number of hydrogen-bond donors (Lipinski definition) is 1. The second kappa shape index (κ2) is 8.78. The van der Waals surface area contributed by atoms with Crippen LogP contribution in [0.2, 0.25) is 0 Å². The number of carbonyl (C=O) groups is 1. The van der Waals surface area contributed by atoms with E-state index in [0.29, 0.717) is 24.3 Å². The number of nitrogens with zero attached hydrogens (tertiary/aromatic N) is 1. The number of sulfonamides is 1. The maximum absolute atomic E-state index is 13.7. The molecule has 0 aromatic heterocycles. The fraction of sp³-hybridized carbons (Fsp3) is 0.435. The number of anilines is 1. The van der Waals surface area contributed by atoms with Gasteiger partial charge in [-0.15, -0.1) is 0 Å². The van der Waals surface area contributed by atoms with E-state index in [4.69, 9.17) is 4.74 Å². The van der Waals surface area contributed by atoms with Crippen LogP contribution in [0.25, 0.3) is 0 Å². The van der Waals surface area contributed by atoms with Gasteiger partial charge in [0.15, 0.2) is 0 Å². The molecule has 0 spiro atoms. The molecule has 1 fully saturated rings. The van der Waals surface area contributed by atoms with Crippen molar-refractivity contribution in [1.82, 2.24) is 4.31 Å². The number of rotatable bonds is 4. The molecule has 0 bridgehead atoms. The molecule has 1 unspecified atom stereocenters. The predicted molar refractivity (Wildman–Crippen MR) is 116 cm³/mol. The van der Waals surface area contributed by atoms with Gasteiger partial charge in [-0.25, -0.2) is 8.42 Å². The zero-order valence-electron chi connectivity index (χ0n) is 17.3. The quantitative estimate of drug-likeness (QED) is 0.789. The zero-order chi connectivity index (χ0) is 21.1. The van der Waals surface area contributed by atoms with E-state index in [2.05, 4.69) is 5.32 Å². The highest BCUT2D eigenvalue weighted by Crippen LogP contribution is 2.36. The van der Waals surface area contributed by atoms with Crippen LogP contribution in [0.4, 0.5) is 5.69 Å². The summed E-state index contributed by atoms with van der Waals surface area (Å²) in [6.45, 7) is 0.507. The highest BCUT2D eigenvalue weighted by Gasteiger charge is 2.34. The smallest absolute Gasteiger partial charge is 0.243 e. The molecular weight excluding hydrogens is 400 g/mol. The van der Waals surface area contributed by atoms with Crippen LogP contribution in [0.15, 0.2) is 47.4 Å². The Morgan fingerprint density at radius 1 is 1.00 bits per heavy atom. The molecule has 2 aromatic carbocycles. The van der Waals surface area contributed by atoms with Crippen molar-refractivity contribution in [2.75, 3.05) is 19.0 Å². The summed E-state index contributed by atoms with van der Waals surface area (Å²) >= 11 is 0. The lowest BCUT2D eigenvalue weighted by Crippen LogP contribution is -2.35.